The van der Waals surface area contributed by atoms with Gasteiger partial charge in [0.1, 0.15) is 11.6 Å². The van der Waals surface area contributed by atoms with E-state index in [-0.39, 0.29) is 11.4 Å². The average molecular weight is 393 g/mol. The van der Waals surface area contributed by atoms with Gasteiger partial charge in [0.2, 0.25) is 10.0 Å². The number of benzene rings is 1. The predicted molar refractivity (Wildman–Crippen MR) is 99.0 cm³/mol. The van der Waals surface area contributed by atoms with Gasteiger partial charge in [-0.15, -0.1) is 0 Å². The fraction of sp³-hybridized carbons (Fsp3) is 0.188. The van der Waals surface area contributed by atoms with Crippen molar-refractivity contribution in [2.75, 3.05) is 18.4 Å². The Morgan fingerprint density at radius 3 is 2.62 bits per heavy atom. The van der Waals surface area contributed by atoms with Crippen LogP contribution in [0.5, 0.6) is 0 Å². The molecule has 0 bridgehead atoms. The second-order valence-electron chi connectivity index (χ2n) is 5.39. The zero-order valence-corrected chi connectivity index (χ0v) is 15.5. The van der Waals surface area contributed by atoms with Crippen molar-refractivity contribution < 1.29 is 8.42 Å². The quantitative estimate of drug-likeness (QED) is 0.596. The van der Waals surface area contributed by atoms with Crippen molar-refractivity contribution in [2.24, 2.45) is 0 Å². The lowest BCUT2D eigenvalue weighted by Gasteiger charge is -2.10. The number of anilines is 1. The standard InChI is InChI=1S/C16H17ClN6O2S/c1-12-21-15(11-16(22-12)23-10-2-7-19-23)18-8-9-20-26(24,25)14-5-3-13(17)4-6-14/h2-7,10-11,20H,8-9H2,1H3,(H,18,21,22). The van der Waals surface area contributed by atoms with Crippen LogP contribution in [-0.4, -0.2) is 41.3 Å². The molecule has 0 aliphatic carbocycles. The van der Waals surface area contributed by atoms with Crippen molar-refractivity contribution in [3.05, 3.63) is 59.6 Å². The molecule has 0 fully saturated rings. The van der Waals surface area contributed by atoms with Gasteiger partial charge in [0.15, 0.2) is 5.82 Å². The summed E-state index contributed by atoms with van der Waals surface area (Å²) in [6.45, 7) is 2.34. The second kappa shape index (κ2) is 7.81. The first-order valence-corrected chi connectivity index (χ1v) is 9.65. The van der Waals surface area contributed by atoms with Gasteiger partial charge in [0.25, 0.3) is 0 Å². The van der Waals surface area contributed by atoms with Crippen LogP contribution in [0.1, 0.15) is 5.82 Å². The zero-order valence-electron chi connectivity index (χ0n) is 13.9. The third-order valence-corrected chi connectivity index (χ3v) is 5.14. The van der Waals surface area contributed by atoms with Crippen molar-refractivity contribution in [3.63, 3.8) is 0 Å². The smallest absolute Gasteiger partial charge is 0.240 e. The van der Waals surface area contributed by atoms with Gasteiger partial charge >= 0.3 is 0 Å². The molecule has 0 saturated heterocycles. The van der Waals surface area contributed by atoms with Crippen LogP contribution in [-0.2, 0) is 10.0 Å². The van der Waals surface area contributed by atoms with Crippen LogP contribution in [0.25, 0.3) is 5.82 Å². The number of nitrogens with one attached hydrogen (secondary N) is 2. The first-order valence-electron chi connectivity index (χ1n) is 7.79. The number of aryl methyl sites for hydroxylation is 1. The minimum atomic E-state index is -3.58. The van der Waals surface area contributed by atoms with E-state index in [4.69, 9.17) is 11.6 Å². The molecular weight excluding hydrogens is 376 g/mol. The third-order valence-electron chi connectivity index (χ3n) is 3.41. The molecule has 0 aliphatic rings. The van der Waals surface area contributed by atoms with Crippen LogP contribution in [0.2, 0.25) is 5.02 Å². The zero-order chi connectivity index (χ0) is 18.6. The number of aromatic nitrogens is 4. The minimum absolute atomic E-state index is 0.167. The molecule has 0 saturated carbocycles. The Morgan fingerprint density at radius 2 is 1.92 bits per heavy atom. The van der Waals surface area contributed by atoms with Crippen LogP contribution in [0.3, 0.4) is 0 Å². The van der Waals surface area contributed by atoms with E-state index in [1.807, 2.05) is 0 Å². The molecule has 136 valence electrons. The molecule has 0 spiro atoms. The minimum Gasteiger partial charge on any atom is -0.369 e. The van der Waals surface area contributed by atoms with Crippen LogP contribution in [0.15, 0.2) is 53.7 Å². The molecule has 2 N–H and O–H groups in total. The van der Waals surface area contributed by atoms with Gasteiger partial charge in [0.05, 0.1) is 4.90 Å². The highest BCUT2D eigenvalue weighted by Gasteiger charge is 2.13. The molecule has 0 atom stereocenters. The van der Waals surface area contributed by atoms with E-state index in [0.717, 1.165) is 0 Å². The van der Waals surface area contributed by atoms with Gasteiger partial charge in [-0.1, -0.05) is 11.6 Å². The number of nitrogens with zero attached hydrogens (tertiary/aromatic N) is 4. The van der Waals surface area contributed by atoms with E-state index >= 15 is 0 Å². The molecule has 1 aromatic carbocycles. The van der Waals surface area contributed by atoms with Crippen molar-refractivity contribution in [1.29, 1.82) is 0 Å². The lowest BCUT2D eigenvalue weighted by atomic mass is 10.4. The fourth-order valence-corrected chi connectivity index (χ4v) is 3.40. The average Bonchev–Trinajstić information content (AvgIpc) is 3.13. The summed E-state index contributed by atoms with van der Waals surface area (Å²) in [5.41, 5.74) is 0. The number of hydrogen-bond acceptors (Lipinski definition) is 6. The molecule has 3 aromatic rings. The number of rotatable bonds is 7. The Bertz CT molecular complexity index is 974. The molecule has 10 heteroatoms. The van der Waals surface area contributed by atoms with Gasteiger partial charge in [-0.3, -0.25) is 0 Å². The maximum absolute atomic E-state index is 12.2. The summed E-state index contributed by atoms with van der Waals surface area (Å²) in [6.07, 6.45) is 3.45. The highest BCUT2D eigenvalue weighted by Crippen LogP contribution is 2.14. The third kappa shape index (κ3) is 4.57. The van der Waals surface area contributed by atoms with Crippen molar-refractivity contribution in [2.45, 2.75) is 11.8 Å². The SMILES string of the molecule is Cc1nc(NCCNS(=O)(=O)c2ccc(Cl)cc2)cc(-n2cccn2)n1. The van der Waals surface area contributed by atoms with Crippen LogP contribution < -0.4 is 10.0 Å². The molecule has 2 heterocycles. The fourth-order valence-electron chi connectivity index (χ4n) is 2.24. The molecule has 0 aliphatic heterocycles. The number of hydrogen-bond donors (Lipinski definition) is 2. The van der Waals surface area contributed by atoms with E-state index in [1.165, 1.54) is 24.3 Å². The van der Waals surface area contributed by atoms with Gasteiger partial charge in [-0.05, 0) is 37.3 Å². The number of sulfonamides is 1. The Kier molecular flexibility index (Phi) is 5.50. The van der Waals surface area contributed by atoms with Crippen LogP contribution in [0, 0.1) is 6.92 Å². The van der Waals surface area contributed by atoms with E-state index in [2.05, 4.69) is 25.1 Å². The van der Waals surface area contributed by atoms with E-state index in [0.29, 0.717) is 29.0 Å². The van der Waals surface area contributed by atoms with Crippen LogP contribution in [0.4, 0.5) is 5.82 Å². The summed E-state index contributed by atoms with van der Waals surface area (Å²) in [5, 5.41) is 7.70. The highest BCUT2D eigenvalue weighted by atomic mass is 35.5. The Hall–Kier alpha value is -2.49. The molecule has 8 nitrogen and oxygen atoms in total. The number of halogens is 1. The molecule has 0 unspecified atom stereocenters. The largest absolute Gasteiger partial charge is 0.369 e. The Morgan fingerprint density at radius 1 is 1.15 bits per heavy atom. The van der Waals surface area contributed by atoms with Crippen LogP contribution >= 0.6 is 11.6 Å². The molecular formula is C16H17ClN6O2S. The maximum Gasteiger partial charge on any atom is 0.240 e. The molecule has 2 aromatic heterocycles. The highest BCUT2D eigenvalue weighted by molar-refractivity contribution is 7.89. The van der Waals surface area contributed by atoms with Gasteiger partial charge in [0, 0.05) is 36.6 Å². The van der Waals surface area contributed by atoms with E-state index < -0.39 is 10.0 Å². The Balaban J connectivity index is 1.59. The molecule has 0 amide bonds. The van der Waals surface area contributed by atoms with E-state index in [1.54, 1.807) is 36.1 Å². The molecule has 3 rings (SSSR count). The first-order chi connectivity index (χ1) is 12.4. The summed E-state index contributed by atoms with van der Waals surface area (Å²) >= 11 is 5.78. The van der Waals surface area contributed by atoms with Gasteiger partial charge in [-0.25, -0.2) is 27.8 Å². The summed E-state index contributed by atoms with van der Waals surface area (Å²) in [6, 6.07) is 9.54. The van der Waals surface area contributed by atoms with Gasteiger partial charge in [-0.2, -0.15) is 5.10 Å². The summed E-state index contributed by atoms with van der Waals surface area (Å²) < 4.78 is 28.6. The molecule has 0 radical (unpaired) electrons. The van der Waals surface area contributed by atoms with Crippen molar-refractivity contribution in [3.8, 4) is 5.82 Å². The monoisotopic (exact) mass is 392 g/mol. The summed E-state index contributed by atoms with van der Waals surface area (Å²) in [4.78, 5) is 8.78. The van der Waals surface area contributed by atoms with Gasteiger partial charge < -0.3 is 5.32 Å². The summed E-state index contributed by atoms with van der Waals surface area (Å²) in [5.74, 6) is 1.81. The first kappa shape index (κ1) is 18.3. The second-order valence-corrected chi connectivity index (χ2v) is 7.59. The summed E-state index contributed by atoms with van der Waals surface area (Å²) in [7, 11) is -3.58. The topological polar surface area (TPSA) is 102 Å². The van der Waals surface area contributed by atoms with Crippen molar-refractivity contribution >= 4 is 27.4 Å². The predicted octanol–water partition coefficient (Wildman–Crippen LogP) is 2.01. The maximum atomic E-state index is 12.2. The normalized spacial score (nSPS) is 11.5. The Labute approximate surface area is 156 Å². The van der Waals surface area contributed by atoms with Crippen molar-refractivity contribution in [1.82, 2.24) is 24.5 Å². The lowest BCUT2D eigenvalue weighted by Crippen LogP contribution is -2.29. The molecule has 26 heavy (non-hydrogen) atoms. The van der Waals surface area contributed by atoms with E-state index in [9.17, 15) is 8.42 Å². The lowest BCUT2D eigenvalue weighted by molar-refractivity contribution is 0.583.